The second kappa shape index (κ2) is 6.81. The van der Waals surface area contributed by atoms with Crippen molar-refractivity contribution in [3.8, 4) is 18.1 Å². The van der Waals surface area contributed by atoms with E-state index in [9.17, 15) is 4.79 Å². The number of hydrogen-bond donors (Lipinski definition) is 0. The fourth-order valence-corrected chi connectivity index (χ4v) is 1.33. The van der Waals surface area contributed by atoms with E-state index in [4.69, 9.17) is 15.9 Å². The third kappa shape index (κ3) is 4.81. The number of methoxy groups -OCH3 is 1. The first-order valence-electron chi connectivity index (χ1n) is 6.36. The number of hydrogen-bond acceptors (Lipinski definition) is 3. The minimum Gasteiger partial charge on any atom is -0.497 e. The molecule has 20 heavy (non-hydrogen) atoms. The molecule has 1 rings (SSSR count). The molecule has 0 saturated heterocycles. The Morgan fingerprint density at radius 2 is 1.90 bits per heavy atom. The third-order valence-electron chi connectivity index (χ3n) is 2.59. The number of benzene rings is 1. The van der Waals surface area contributed by atoms with Crippen LogP contribution in [0.15, 0.2) is 30.3 Å². The monoisotopic (exact) mass is 272 g/mol. The molecule has 3 nitrogen and oxygen atoms in total. The van der Waals surface area contributed by atoms with Crippen molar-refractivity contribution in [2.45, 2.75) is 26.9 Å². The summed E-state index contributed by atoms with van der Waals surface area (Å²) in [5, 5.41) is 0. The molecule has 3 heteroatoms. The molecule has 1 aromatic rings. The number of carbonyl (C=O) groups is 1. The van der Waals surface area contributed by atoms with Crippen molar-refractivity contribution in [2.75, 3.05) is 7.11 Å². The van der Waals surface area contributed by atoms with Crippen LogP contribution in [0.1, 0.15) is 26.3 Å². The lowest BCUT2D eigenvalue weighted by molar-refractivity contribution is -0.154. The summed E-state index contributed by atoms with van der Waals surface area (Å²) in [7, 11) is 1.62. The van der Waals surface area contributed by atoms with Crippen LogP contribution >= 0.6 is 0 Å². The van der Waals surface area contributed by atoms with Gasteiger partial charge in [-0.25, -0.2) is 0 Å². The summed E-state index contributed by atoms with van der Waals surface area (Å²) < 4.78 is 10.3. The predicted octanol–water partition coefficient (Wildman–Crippen LogP) is 3.30. The molecular formula is C17H20O3. The van der Waals surface area contributed by atoms with Crippen molar-refractivity contribution in [1.29, 1.82) is 0 Å². The van der Waals surface area contributed by atoms with E-state index in [1.807, 2.05) is 30.3 Å². The highest BCUT2D eigenvalue weighted by atomic mass is 16.5. The predicted molar refractivity (Wildman–Crippen MR) is 80.2 cm³/mol. The first-order valence-corrected chi connectivity index (χ1v) is 6.36. The van der Waals surface area contributed by atoms with Crippen molar-refractivity contribution < 1.29 is 14.3 Å². The topological polar surface area (TPSA) is 35.5 Å². The summed E-state index contributed by atoms with van der Waals surface area (Å²) in [6, 6.07) is 7.50. The summed E-state index contributed by atoms with van der Waals surface area (Å²) in [4.78, 5) is 11.8. The smallest absolute Gasteiger partial charge is 0.312 e. The van der Waals surface area contributed by atoms with E-state index in [1.54, 1.807) is 34.0 Å². The largest absolute Gasteiger partial charge is 0.497 e. The van der Waals surface area contributed by atoms with E-state index in [2.05, 4.69) is 5.92 Å². The molecule has 0 heterocycles. The number of esters is 1. The van der Waals surface area contributed by atoms with Crippen LogP contribution in [-0.2, 0) is 9.53 Å². The lowest BCUT2D eigenvalue weighted by atomic mass is 9.97. The van der Waals surface area contributed by atoms with Gasteiger partial charge >= 0.3 is 5.97 Å². The molecule has 0 radical (unpaired) electrons. The van der Waals surface area contributed by atoms with Crippen LogP contribution in [0.3, 0.4) is 0 Å². The van der Waals surface area contributed by atoms with Gasteiger partial charge in [0.15, 0.2) is 6.10 Å². The fraction of sp³-hybridized carbons (Fsp3) is 0.353. The number of ether oxygens (including phenoxy) is 2. The molecule has 0 saturated carbocycles. The lowest BCUT2D eigenvalue weighted by Gasteiger charge is -2.18. The van der Waals surface area contributed by atoms with Crippen LogP contribution in [0, 0.1) is 17.8 Å². The maximum absolute atomic E-state index is 11.8. The van der Waals surface area contributed by atoms with Crippen molar-refractivity contribution >= 4 is 12.0 Å². The second-order valence-corrected chi connectivity index (χ2v) is 5.37. The summed E-state index contributed by atoms with van der Waals surface area (Å²) in [6.07, 6.45) is 8.22. The highest BCUT2D eigenvalue weighted by Gasteiger charge is 2.24. The first-order chi connectivity index (χ1) is 9.36. The first kappa shape index (κ1) is 15.8. The molecule has 0 fully saturated rings. The Balaban J connectivity index is 2.70. The van der Waals surface area contributed by atoms with E-state index >= 15 is 0 Å². The average Bonchev–Trinajstić information content (AvgIpc) is 2.42. The lowest BCUT2D eigenvalue weighted by Crippen LogP contribution is -2.26. The van der Waals surface area contributed by atoms with Crippen molar-refractivity contribution in [1.82, 2.24) is 0 Å². The Labute approximate surface area is 120 Å². The molecule has 0 aliphatic rings. The summed E-state index contributed by atoms with van der Waals surface area (Å²) in [5.74, 6) is 2.91. The minimum atomic E-state index is -0.663. The van der Waals surface area contributed by atoms with E-state index in [1.165, 1.54) is 0 Å². The van der Waals surface area contributed by atoms with Crippen LogP contribution in [0.25, 0.3) is 6.08 Å². The average molecular weight is 272 g/mol. The zero-order chi connectivity index (χ0) is 15.2. The van der Waals surface area contributed by atoms with Crippen molar-refractivity contribution in [3.63, 3.8) is 0 Å². The van der Waals surface area contributed by atoms with Crippen LogP contribution in [-0.4, -0.2) is 19.2 Å². The van der Waals surface area contributed by atoms with E-state index in [-0.39, 0.29) is 5.97 Å². The molecule has 106 valence electrons. The maximum atomic E-state index is 11.8. The molecule has 0 bridgehead atoms. The van der Waals surface area contributed by atoms with Crippen LogP contribution in [0.2, 0.25) is 0 Å². The SMILES string of the molecule is C#CC(/C=C/c1ccc(OC)cc1)OC(=O)C(C)(C)C. The van der Waals surface area contributed by atoms with Crippen molar-refractivity contribution in [2.24, 2.45) is 5.41 Å². The van der Waals surface area contributed by atoms with Gasteiger partial charge < -0.3 is 9.47 Å². The van der Waals surface area contributed by atoms with Crippen LogP contribution in [0.5, 0.6) is 5.75 Å². The number of terminal acetylenes is 1. The standard InChI is InChI=1S/C17H20O3/c1-6-14(20-16(18)17(2,3)4)10-7-13-8-11-15(19-5)12-9-13/h1,7-12,14H,2-5H3/b10-7+. The number of carbonyl (C=O) groups excluding carboxylic acids is 1. The third-order valence-corrected chi connectivity index (χ3v) is 2.59. The zero-order valence-electron chi connectivity index (χ0n) is 12.3. The van der Waals surface area contributed by atoms with Gasteiger partial charge in [-0.2, -0.15) is 0 Å². The van der Waals surface area contributed by atoms with E-state index in [0.29, 0.717) is 0 Å². The molecule has 1 aromatic carbocycles. The van der Waals surface area contributed by atoms with Gasteiger partial charge in [0.1, 0.15) is 5.75 Å². The molecule has 0 amide bonds. The molecule has 0 aliphatic carbocycles. The van der Waals surface area contributed by atoms with Crippen LogP contribution in [0.4, 0.5) is 0 Å². The normalized spacial score (nSPS) is 12.8. The van der Waals surface area contributed by atoms with E-state index < -0.39 is 11.5 Å². The maximum Gasteiger partial charge on any atom is 0.312 e. The summed E-state index contributed by atoms with van der Waals surface area (Å²) in [6.45, 7) is 5.36. The molecule has 0 N–H and O–H groups in total. The number of rotatable bonds is 4. The highest BCUT2D eigenvalue weighted by Crippen LogP contribution is 2.17. The Hall–Kier alpha value is -2.21. The van der Waals surface area contributed by atoms with Gasteiger partial charge in [0.25, 0.3) is 0 Å². The second-order valence-electron chi connectivity index (χ2n) is 5.37. The quantitative estimate of drug-likeness (QED) is 0.623. The van der Waals surface area contributed by atoms with Gasteiger partial charge in [-0.3, -0.25) is 4.79 Å². The molecular weight excluding hydrogens is 252 g/mol. The van der Waals surface area contributed by atoms with Crippen molar-refractivity contribution in [3.05, 3.63) is 35.9 Å². The zero-order valence-corrected chi connectivity index (χ0v) is 12.3. The molecule has 0 aliphatic heterocycles. The van der Waals surface area contributed by atoms with Gasteiger partial charge in [0, 0.05) is 0 Å². The Morgan fingerprint density at radius 1 is 1.30 bits per heavy atom. The molecule has 0 spiro atoms. The van der Waals surface area contributed by atoms with Gasteiger partial charge in [-0.1, -0.05) is 24.1 Å². The Morgan fingerprint density at radius 3 is 2.35 bits per heavy atom. The van der Waals surface area contributed by atoms with Crippen LogP contribution < -0.4 is 4.74 Å². The van der Waals surface area contributed by atoms with Gasteiger partial charge in [-0.15, -0.1) is 6.42 Å². The molecule has 1 atom stereocenters. The molecule has 1 unspecified atom stereocenters. The summed E-state index contributed by atoms with van der Waals surface area (Å²) >= 11 is 0. The summed E-state index contributed by atoms with van der Waals surface area (Å²) in [5.41, 5.74) is 0.390. The minimum absolute atomic E-state index is 0.320. The Bertz CT molecular complexity index is 513. The van der Waals surface area contributed by atoms with Gasteiger partial charge in [0.2, 0.25) is 0 Å². The molecule has 0 aromatic heterocycles. The van der Waals surface area contributed by atoms with Gasteiger partial charge in [-0.05, 0) is 44.5 Å². The fourth-order valence-electron chi connectivity index (χ4n) is 1.33. The highest BCUT2D eigenvalue weighted by molar-refractivity contribution is 5.76. The Kier molecular flexibility index (Phi) is 5.40. The van der Waals surface area contributed by atoms with E-state index in [0.717, 1.165) is 11.3 Å². The van der Waals surface area contributed by atoms with Gasteiger partial charge in [0.05, 0.1) is 12.5 Å².